The fraction of sp³-hybridized carbons (Fsp3) is 0.400. The Morgan fingerprint density at radius 2 is 2.07 bits per heavy atom. The van der Waals surface area contributed by atoms with E-state index in [9.17, 15) is 5.11 Å². The van der Waals surface area contributed by atoms with Crippen LogP contribution >= 0.6 is 0 Å². The quantitative estimate of drug-likeness (QED) is 0.290. The van der Waals surface area contributed by atoms with E-state index in [2.05, 4.69) is 16.0 Å². The summed E-state index contributed by atoms with van der Waals surface area (Å²) in [6, 6.07) is 4.43. The molecular weight excluding hydrogens is 178 g/mol. The third-order valence-corrected chi connectivity index (χ3v) is 1.47. The van der Waals surface area contributed by atoms with Gasteiger partial charge in [-0.15, -0.1) is 0 Å². The number of aliphatic imine (C=N–C) groups is 1. The molecule has 0 spiro atoms. The van der Waals surface area contributed by atoms with Gasteiger partial charge in [0.05, 0.1) is 5.69 Å². The number of pyridine rings is 1. The van der Waals surface area contributed by atoms with E-state index in [4.69, 9.17) is 0 Å². The minimum Gasteiger partial charge on any atom is -0.861 e. The van der Waals surface area contributed by atoms with Crippen molar-refractivity contribution in [1.82, 2.24) is 4.98 Å². The summed E-state index contributed by atoms with van der Waals surface area (Å²) in [5.74, 6) is -0.144. The average molecular weight is 190 g/mol. The van der Waals surface area contributed by atoms with Crippen LogP contribution in [0.15, 0.2) is 23.5 Å². The van der Waals surface area contributed by atoms with Crippen LogP contribution in [0.25, 0.3) is 0 Å². The van der Waals surface area contributed by atoms with Crippen molar-refractivity contribution in [2.24, 2.45) is 10.4 Å². The summed E-state index contributed by atoms with van der Waals surface area (Å²) in [6.07, 6.45) is 3.08. The third kappa shape index (κ3) is 6.08. The monoisotopic (exact) mass is 190 g/mol. The molecule has 0 saturated carbocycles. The zero-order valence-electron chi connectivity index (χ0n) is 10.0. The van der Waals surface area contributed by atoms with E-state index >= 15 is 0 Å². The van der Waals surface area contributed by atoms with Crippen molar-refractivity contribution in [2.75, 3.05) is 0 Å². The molecule has 0 aliphatic rings. The first kappa shape index (κ1) is 17.2. The van der Waals surface area contributed by atoms with Crippen LogP contribution in [-0.2, 0) is 0 Å². The van der Waals surface area contributed by atoms with Crippen LogP contribution in [0.1, 0.15) is 20.8 Å². The summed E-state index contributed by atoms with van der Waals surface area (Å²) < 4.78 is 0. The molecule has 0 bridgehead atoms. The smallest absolute Gasteiger partial charge is 0.861 e. The molecule has 0 aliphatic carbocycles. The molecule has 0 saturated heterocycles. The molecule has 0 aliphatic heterocycles. The van der Waals surface area contributed by atoms with Gasteiger partial charge < -0.3 is 5.11 Å². The summed E-state index contributed by atoms with van der Waals surface area (Å²) in [6.45, 7) is 5.50. The maximum Gasteiger partial charge on any atom is 1.00 e. The van der Waals surface area contributed by atoms with Gasteiger partial charge in [0.25, 0.3) is 0 Å². The van der Waals surface area contributed by atoms with E-state index in [1.54, 1.807) is 12.3 Å². The molecule has 3 nitrogen and oxygen atoms in total. The van der Waals surface area contributed by atoms with Crippen LogP contribution < -0.4 is 24.0 Å². The topological polar surface area (TPSA) is 48.3 Å². The van der Waals surface area contributed by atoms with Crippen LogP contribution in [-0.4, -0.2) is 29.7 Å². The Morgan fingerprint density at radius 1 is 1.47 bits per heavy atom. The van der Waals surface area contributed by atoms with Crippen molar-refractivity contribution in [3.63, 3.8) is 0 Å². The van der Waals surface area contributed by atoms with Crippen LogP contribution in [0.3, 0.4) is 0 Å². The van der Waals surface area contributed by atoms with Crippen LogP contribution in [0.4, 0.5) is 5.69 Å². The number of hydrogen-bond acceptors (Lipinski definition) is 3. The van der Waals surface area contributed by atoms with Crippen molar-refractivity contribution in [3.05, 3.63) is 24.5 Å². The van der Waals surface area contributed by atoms with Gasteiger partial charge in [0, 0.05) is 37.3 Å². The molecule has 0 fully saturated rings. The molecule has 0 N–H and O–H groups in total. The van der Waals surface area contributed by atoms with Crippen molar-refractivity contribution in [2.45, 2.75) is 20.8 Å². The Hall–Kier alpha value is -0.185. The first-order chi connectivity index (χ1) is 6.00. The first-order valence-electron chi connectivity index (χ1n) is 4.08. The molecule has 0 amide bonds. The van der Waals surface area contributed by atoms with E-state index in [1.165, 1.54) is 6.20 Å². The molecule has 70 valence electrons. The minimum atomic E-state index is -0.433. The fourth-order valence-electron chi connectivity index (χ4n) is 0.655. The van der Waals surface area contributed by atoms with Gasteiger partial charge in [-0.1, -0.05) is 20.8 Å². The predicted octanol–water partition coefficient (Wildman–Crippen LogP) is -2.06. The number of hydrogen-bond donors (Lipinski definition) is 0. The summed E-state index contributed by atoms with van der Waals surface area (Å²) in [5.41, 5.74) is 0.104. The zero-order chi connectivity index (χ0) is 9.90. The van der Waals surface area contributed by atoms with E-state index < -0.39 is 5.41 Å². The molecule has 0 aromatic carbocycles. The van der Waals surface area contributed by atoms with Gasteiger partial charge in [0.15, 0.2) is 0 Å². The average Bonchev–Trinajstić information content (AvgIpc) is 2.04. The third-order valence-electron chi connectivity index (χ3n) is 1.47. The Bertz CT molecular complexity index is 307. The van der Waals surface area contributed by atoms with Gasteiger partial charge in [-0.3, -0.25) is 9.98 Å². The van der Waals surface area contributed by atoms with Gasteiger partial charge in [0.1, 0.15) is 0 Å². The van der Waals surface area contributed by atoms with Crippen LogP contribution in [0, 0.1) is 11.5 Å². The van der Waals surface area contributed by atoms with E-state index in [-0.39, 0.29) is 43.6 Å². The normalized spacial score (nSPS) is 11.3. The summed E-state index contributed by atoms with van der Waals surface area (Å²) in [7, 11) is 0. The second kappa shape index (κ2) is 7.15. The second-order valence-corrected chi connectivity index (χ2v) is 3.79. The van der Waals surface area contributed by atoms with Crippen molar-refractivity contribution in [3.8, 4) is 0 Å². The molecule has 15 heavy (non-hydrogen) atoms. The maximum absolute atomic E-state index is 11.4. The molecule has 1 aromatic rings. The van der Waals surface area contributed by atoms with Crippen molar-refractivity contribution < 1.29 is 24.0 Å². The SMILES string of the molecule is CC(C)(C)C([O-])=Nc1[c]cncc1.[Li+].[Li]. The van der Waals surface area contributed by atoms with E-state index in [0.717, 1.165) is 0 Å². The summed E-state index contributed by atoms with van der Waals surface area (Å²) >= 11 is 0. The summed E-state index contributed by atoms with van der Waals surface area (Å²) in [5, 5.41) is 11.4. The molecule has 5 heteroatoms. The minimum absolute atomic E-state index is 0. The molecule has 0 atom stereocenters. The molecule has 0 unspecified atom stereocenters. The van der Waals surface area contributed by atoms with Gasteiger partial charge in [0.2, 0.25) is 0 Å². The van der Waals surface area contributed by atoms with Gasteiger partial charge in [-0.25, -0.2) is 0 Å². The molecule has 1 rings (SSSR count). The zero-order valence-corrected chi connectivity index (χ0v) is 10.0. The second-order valence-electron chi connectivity index (χ2n) is 3.79. The Labute approximate surface area is 115 Å². The van der Waals surface area contributed by atoms with Gasteiger partial charge >= 0.3 is 18.9 Å². The first-order valence-corrected chi connectivity index (χ1v) is 4.08. The Balaban J connectivity index is 0. The Morgan fingerprint density at radius 3 is 2.47 bits per heavy atom. The van der Waals surface area contributed by atoms with Gasteiger partial charge in [-0.05, 0) is 17.4 Å². The molecule has 1 aromatic heterocycles. The molecule has 2 radical (unpaired) electrons. The maximum atomic E-state index is 11.4. The predicted molar refractivity (Wildman–Crippen MR) is 55.4 cm³/mol. The standard InChI is InChI=1S/C10H13N2O.2Li/c1-10(2,3)9(13)12-8-4-6-11-7-5-8;;/h4,6-7H,1-3H3,(H,11,12,13);;/q;;+1/p-1. The summed E-state index contributed by atoms with van der Waals surface area (Å²) in [4.78, 5) is 7.68. The number of nitrogens with zero attached hydrogens (tertiary/aromatic N) is 2. The van der Waals surface area contributed by atoms with Crippen LogP contribution in [0.2, 0.25) is 0 Å². The van der Waals surface area contributed by atoms with Crippen LogP contribution in [0.5, 0.6) is 0 Å². The number of rotatable bonds is 1. The number of aromatic nitrogens is 1. The fourth-order valence-corrected chi connectivity index (χ4v) is 0.655. The van der Waals surface area contributed by atoms with Crippen molar-refractivity contribution in [1.29, 1.82) is 0 Å². The molecular formula is C10H12Li2N2O. The van der Waals surface area contributed by atoms with E-state index in [0.29, 0.717) is 5.69 Å². The molecule has 1 heterocycles. The van der Waals surface area contributed by atoms with Gasteiger partial charge in [-0.2, -0.15) is 0 Å². The van der Waals surface area contributed by atoms with E-state index in [1.807, 2.05) is 20.8 Å². The Kier molecular flexibility index (Phi) is 8.20. The van der Waals surface area contributed by atoms with Crippen molar-refractivity contribution >= 4 is 30.4 Å². The largest absolute Gasteiger partial charge is 1.00 e.